The standard InChI is InChI=1S/C29H40N2O7/c1-7-35-26(34)25-24-15-23-21-9-8-19-14-20(36-17(3)32)10-12-27(19,5)22(21)11-13-28(23,6)29(24,38-31-25)16(2)30-37-18(4)33/h8,20-24H,7,9-15H2,1-6H3/t20-,21?,22?,23?,24-,27-,28-,29+/m0/s1. The van der Waals surface area contributed by atoms with Crippen LogP contribution < -0.4 is 0 Å². The molecule has 0 aromatic heterocycles. The Morgan fingerprint density at radius 2 is 1.87 bits per heavy atom. The summed E-state index contributed by atoms with van der Waals surface area (Å²) in [6.45, 7) is 11.3. The molecule has 38 heavy (non-hydrogen) atoms. The second-order valence-corrected chi connectivity index (χ2v) is 12.3. The first-order valence-corrected chi connectivity index (χ1v) is 14.0. The molecule has 4 aliphatic carbocycles. The van der Waals surface area contributed by atoms with Crippen LogP contribution >= 0.6 is 0 Å². The lowest BCUT2D eigenvalue weighted by Gasteiger charge is -2.58. The highest BCUT2D eigenvalue weighted by molar-refractivity contribution is 6.38. The van der Waals surface area contributed by atoms with Crippen molar-refractivity contribution in [3.63, 3.8) is 0 Å². The highest BCUT2D eigenvalue weighted by Crippen LogP contribution is 2.70. The highest BCUT2D eigenvalue weighted by atomic mass is 16.7. The Morgan fingerprint density at radius 1 is 1.11 bits per heavy atom. The van der Waals surface area contributed by atoms with Gasteiger partial charge in [0, 0.05) is 25.7 Å². The second kappa shape index (κ2) is 9.49. The summed E-state index contributed by atoms with van der Waals surface area (Å²) in [4.78, 5) is 47.5. The predicted molar refractivity (Wildman–Crippen MR) is 139 cm³/mol. The molecule has 0 aromatic carbocycles. The third kappa shape index (κ3) is 3.82. The topological polar surface area (TPSA) is 113 Å². The van der Waals surface area contributed by atoms with Gasteiger partial charge in [-0.05, 0) is 75.5 Å². The Hall–Kier alpha value is -2.71. The number of nitrogens with zero attached hydrogens (tertiary/aromatic N) is 2. The van der Waals surface area contributed by atoms with E-state index in [0.717, 1.165) is 44.9 Å². The molecule has 0 bridgehead atoms. The number of allylic oxidation sites excluding steroid dienone is 1. The zero-order valence-electron chi connectivity index (χ0n) is 23.4. The van der Waals surface area contributed by atoms with Gasteiger partial charge in [0.15, 0.2) is 11.3 Å². The molecule has 5 rings (SSSR count). The molecule has 0 radical (unpaired) electrons. The normalized spacial score (nSPS) is 41.3. The molecule has 3 unspecified atom stereocenters. The molecule has 0 spiro atoms. The molecular formula is C29H40N2O7. The minimum Gasteiger partial charge on any atom is -0.462 e. The van der Waals surface area contributed by atoms with Crippen LogP contribution in [0.5, 0.6) is 0 Å². The number of fused-ring (bicyclic) bond motifs is 7. The van der Waals surface area contributed by atoms with Crippen LogP contribution in [0.25, 0.3) is 0 Å². The number of oxime groups is 2. The van der Waals surface area contributed by atoms with Crippen LogP contribution in [0.4, 0.5) is 0 Å². The molecule has 9 heteroatoms. The molecule has 0 amide bonds. The lowest BCUT2D eigenvalue weighted by molar-refractivity contribution is -0.149. The van der Waals surface area contributed by atoms with Gasteiger partial charge in [-0.3, -0.25) is 4.79 Å². The van der Waals surface area contributed by atoms with Gasteiger partial charge < -0.3 is 19.1 Å². The molecular weight excluding hydrogens is 488 g/mol. The van der Waals surface area contributed by atoms with E-state index in [-0.39, 0.29) is 41.3 Å². The molecule has 8 atom stereocenters. The minimum absolute atomic E-state index is 0.0387. The monoisotopic (exact) mass is 528 g/mol. The van der Waals surface area contributed by atoms with Crippen molar-refractivity contribution in [1.29, 1.82) is 0 Å². The average molecular weight is 529 g/mol. The van der Waals surface area contributed by atoms with Crippen molar-refractivity contribution in [2.24, 2.45) is 44.8 Å². The SMILES string of the molecule is CCOC(=O)C1=NO[C@]2(C(C)=NOC(C)=O)[C@H]1CC1C3CC=C4C[C@@H](OC(C)=O)CC[C@]4(C)C3CC[C@@]12C. The van der Waals surface area contributed by atoms with Crippen molar-refractivity contribution in [3.8, 4) is 0 Å². The summed E-state index contributed by atoms with van der Waals surface area (Å²) < 4.78 is 10.9. The summed E-state index contributed by atoms with van der Waals surface area (Å²) in [5.41, 5.74) is 0.983. The molecule has 0 N–H and O–H groups in total. The lowest BCUT2D eigenvalue weighted by atomic mass is 9.46. The fourth-order valence-electron chi connectivity index (χ4n) is 8.97. The zero-order valence-corrected chi connectivity index (χ0v) is 23.4. The van der Waals surface area contributed by atoms with Crippen LogP contribution in [0, 0.1) is 34.5 Å². The molecule has 0 aromatic rings. The summed E-state index contributed by atoms with van der Waals surface area (Å²) in [6.07, 6.45) is 8.60. The summed E-state index contributed by atoms with van der Waals surface area (Å²) >= 11 is 0. The van der Waals surface area contributed by atoms with Crippen LogP contribution in [-0.4, -0.2) is 47.6 Å². The third-order valence-electron chi connectivity index (χ3n) is 10.6. The number of hydrogen-bond acceptors (Lipinski definition) is 9. The maximum atomic E-state index is 13.0. The summed E-state index contributed by atoms with van der Waals surface area (Å²) in [7, 11) is 0. The van der Waals surface area contributed by atoms with Crippen LogP contribution in [0.1, 0.15) is 86.5 Å². The molecule has 9 nitrogen and oxygen atoms in total. The van der Waals surface area contributed by atoms with Gasteiger partial charge in [-0.15, -0.1) is 0 Å². The molecule has 208 valence electrons. The highest BCUT2D eigenvalue weighted by Gasteiger charge is 2.74. The van der Waals surface area contributed by atoms with Crippen molar-refractivity contribution in [1.82, 2.24) is 0 Å². The van der Waals surface area contributed by atoms with Gasteiger partial charge in [-0.1, -0.05) is 35.8 Å². The van der Waals surface area contributed by atoms with Crippen LogP contribution in [0.3, 0.4) is 0 Å². The summed E-state index contributed by atoms with van der Waals surface area (Å²) in [5, 5.41) is 8.47. The third-order valence-corrected chi connectivity index (χ3v) is 10.6. The Balaban J connectivity index is 1.50. The summed E-state index contributed by atoms with van der Waals surface area (Å²) in [5.74, 6) is -0.351. The first-order valence-electron chi connectivity index (χ1n) is 14.0. The van der Waals surface area contributed by atoms with Gasteiger partial charge in [-0.2, -0.15) is 0 Å². The van der Waals surface area contributed by atoms with Gasteiger partial charge in [-0.25, -0.2) is 9.59 Å². The van der Waals surface area contributed by atoms with Gasteiger partial charge in [0.25, 0.3) is 0 Å². The van der Waals surface area contributed by atoms with Gasteiger partial charge >= 0.3 is 17.9 Å². The van der Waals surface area contributed by atoms with Crippen LogP contribution in [-0.2, 0) is 33.5 Å². The van der Waals surface area contributed by atoms with Gasteiger partial charge in [0.2, 0.25) is 0 Å². The number of rotatable bonds is 5. The number of carbonyl (C=O) groups excluding carboxylic acids is 3. The number of carbonyl (C=O) groups is 3. The van der Waals surface area contributed by atoms with Crippen molar-refractivity contribution in [2.45, 2.75) is 98.2 Å². The number of esters is 2. The van der Waals surface area contributed by atoms with Crippen molar-refractivity contribution >= 4 is 29.3 Å². The van der Waals surface area contributed by atoms with E-state index in [9.17, 15) is 14.4 Å². The van der Waals surface area contributed by atoms with Crippen molar-refractivity contribution in [2.75, 3.05) is 6.61 Å². The van der Waals surface area contributed by atoms with Gasteiger partial charge in [0.05, 0.1) is 12.5 Å². The van der Waals surface area contributed by atoms with Crippen LogP contribution in [0.15, 0.2) is 22.0 Å². The van der Waals surface area contributed by atoms with E-state index in [2.05, 4.69) is 30.2 Å². The zero-order chi connectivity index (χ0) is 27.5. The van der Waals surface area contributed by atoms with E-state index >= 15 is 0 Å². The number of ether oxygens (including phenoxy) is 2. The lowest BCUT2D eigenvalue weighted by Crippen LogP contribution is -2.59. The fourth-order valence-corrected chi connectivity index (χ4v) is 8.97. The van der Waals surface area contributed by atoms with E-state index in [1.165, 1.54) is 19.4 Å². The Morgan fingerprint density at radius 3 is 2.55 bits per heavy atom. The van der Waals surface area contributed by atoms with E-state index < -0.39 is 17.5 Å². The largest absolute Gasteiger partial charge is 0.462 e. The summed E-state index contributed by atoms with van der Waals surface area (Å²) in [6, 6.07) is 0. The minimum atomic E-state index is -0.974. The van der Waals surface area contributed by atoms with Crippen molar-refractivity contribution < 1.29 is 33.5 Å². The maximum Gasteiger partial charge on any atom is 0.356 e. The fraction of sp³-hybridized carbons (Fsp3) is 0.759. The molecule has 3 saturated carbocycles. The first-order chi connectivity index (χ1) is 18.0. The Bertz CT molecular complexity index is 1130. The quantitative estimate of drug-likeness (QED) is 0.167. The molecule has 1 aliphatic heterocycles. The van der Waals surface area contributed by atoms with E-state index in [0.29, 0.717) is 23.3 Å². The number of hydrogen-bond donors (Lipinski definition) is 0. The first kappa shape index (κ1) is 26.9. The molecule has 3 fully saturated rings. The van der Waals surface area contributed by atoms with Crippen molar-refractivity contribution in [3.05, 3.63) is 11.6 Å². The Kier molecular flexibility index (Phi) is 6.71. The predicted octanol–water partition coefficient (Wildman–Crippen LogP) is 4.73. The smallest absolute Gasteiger partial charge is 0.356 e. The van der Waals surface area contributed by atoms with Crippen LogP contribution in [0.2, 0.25) is 0 Å². The average Bonchev–Trinajstić information content (AvgIpc) is 3.36. The Labute approximate surface area is 224 Å². The van der Waals surface area contributed by atoms with E-state index in [1.807, 2.05) is 6.92 Å². The van der Waals surface area contributed by atoms with E-state index in [4.69, 9.17) is 19.1 Å². The molecule has 1 heterocycles. The molecule has 5 aliphatic rings. The van der Waals surface area contributed by atoms with E-state index in [1.54, 1.807) is 6.92 Å². The van der Waals surface area contributed by atoms with Gasteiger partial charge in [0.1, 0.15) is 11.8 Å². The molecule has 0 saturated heterocycles. The second-order valence-electron chi connectivity index (χ2n) is 12.3. The maximum absolute atomic E-state index is 13.0.